The molecule has 9 heteroatoms. The fraction of sp³-hybridized carbons (Fsp3) is 0.583. The predicted octanol–water partition coefficient (Wildman–Crippen LogP) is 0.238. The molecular formula is C12H16N6O3. The number of nitrogens with one attached hydrogen (secondary N) is 1. The van der Waals surface area contributed by atoms with Crippen molar-refractivity contribution in [2.75, 3.05) is 36.9 Å². The normalized spacial score (nSPS) is 21.4. The van der Waals surface area contributed by atoms with E-state index in [9.17, 15) is 14.9 Å². The van der Waals surface area contributed by atoms with E-state index in [-0.39, 0.29) is 23.5 Å². The Bertz CT molecular complexity index is 592. The monoisotopic (exact) mass is 292 g/mol. The van der Waals surface area contributed by atoms with Crippen molar-refractivity contribution in [1.82, 2.24) is 14.9 Å². The minimum atomic E-state index is -0.465. The van der Waals surface area contributed by atoms with Gasteiger partial charge < -0.3 is 15.1 Å². The van der Waals surface area contributed by atoms with E-state index in [2.05, 4.69) is 15.3 Å². The lowest BCUT2D eigenvalue weighted by Crippen LogP contribution is -2.51. The largest absolute Gasteiger partial charge is 0.367 e. The minimum absolute atomic E-state index is 0.113. The summed E-state index contributed by atoms with van der Waals surface area (Å²) in [5, 5.41) is 14.0. The zero-order chi connectivity index (χ0) is 15.0. The first-order valence-corrected chi connectivity index (χ1v) is 6.83. The van der Waals surface area contributed by atoms with Crippen LogP contribution in [0.2, 0.25) is 0 Å². The van der Waals surface area contributed by atoms with E-state index in [4.69, 9.17) is 0 Å². The molecule has 1 unspecified atom stereocenters. The molecule has 0 spiro atoms. The van der Waals surface area contributed by atoms with Crippen molar-refractivity contribution in [3.05, 3.63) is 16.4 Å². The van der Waals surface area contributed by atoms with E-state index in [1.807, 2.05) is 9.80 Å². The van der Waals surface area contributed by atoms with Crippen LogP contribution in [0.5, 0.6) is 0 Å². The molecule has 3 rings (SSSR count). The number of hydrogen-bond acceptors (Lipinski definition) is 7. The Labute approximate surface area is 121 Å². The molecule has 0 bridgehead atoms. The Hall–Kier alpha value is -2.45. The van der Waals surface area contributed by atoms with Crippen LogP contribution in [0.3, 0.4) is 0 Å². The van der Waals surface area contributed by atoms with Crippen molar-refractivity contribution < 1.29 is 9.72 Å². The quantitative estimate of drug-likeness (QED) is 0.628. The average Bonchev–Trinajstić information content (AvgIpc) is 2.87. The molecule has 2 saturated heterocycles. The van der Waals surface area contributed by atoms with E-state index < -0.39 is 4.92 Å². The van der Waals surface area contributed by atoms with Gasteiger partial charge in [0.1, 0.15) is 6.33 Å². The molecule has 2 aliphatic rings. The Balaban J connectivity index is 1.91. The molecule has 2 aliphatic heterocycles. The van der Waals surface area contributed by atoms with Crippen LogP contribution in [-0.2, 0) is 4.79 Å². The molecular weight excluding hydrogens is 276 g/mol. The van der Waals surface area contributed by atoms with Crippen LogP contribution in [0.1, 0.15) is 12.8 Å². The topological polar surface area (TPSA) is 104 Å². The number of fused-ring (bicyclic) bond motifs is 1. The average molecular weight is 292 g/mol. The number of carbonyl (C=O) groups is 1. The second-order valence-electron chi connectivity index (χ2n) is 5.13. The Morgan fingerprint density at radius 1 is 1.43 bits per heavy atom. The summed E-state index contributed by atoms with van der Waals surface area (Å²) in [5.41, 5.74) is -0.113. The molecule has 0 radical (unpaired) electrons. The number of piperazine rings is 1. The number of carbonyl (C=O) groups excluding carboxylic acids is 1. The van der Waals surface area contributed by atoms with Crippen LogP contribution < -0.4 is 10.2 Å². The van der Waals surface area contributed by atoms with Crippen molar-refractivity contribution in [1.29, 1.82) is 0 Å². The molecule has 3 heterocycles. The second kappa shape index (κ2) is 5.15. The Kier molecular flexibility index (Phi) is 3.32. The van der Waals surface area contributed by atoms with Gasteiger partial charge in [-0.05, 0) is 6.42 Å². The van der Waals surface area contributed by atoms with Gasteiger partial charge in [0.05, 0.1) is 4.92 Å². The fourth-order valence-corrected chi connectivity index (χ4v) is 3.01. The van der Waals surface area contributed by atoms with Crippen LogP contribution in [0.4, 0.5) is 17.3 Å². The van der Waals surface area contributed by atoms with Crippen molar-refractivity contribution >= 4 is 23.2 Å². The third kappa shape index (κ3) is 2.24. The van der Waals surface area contributed by atoms with E-state index in [0.717, 1.165) is 6.42 Å². The highest BCUT2D eigenvalue weighted by molar-refractivity contribution is 5.79. The molecule has 0 saturated carbocycles. The van der Waals surface area contributed by atoms with Crippen LogP contribution in [0, 0.1) is 10.1 Å². The third-order valence-corrected chi connectivity index (χ3v) is 4.02. The summed E-state index contributed by atoms with van der Waals surface area (Å²) in [5.74, 6) is 0.695. The number of amides is 1. The van der Waals surface area contributed by atoms with E-state index in [1.54, 1.807) is 7.05 Å². The molecule has 1 N–H and O–H groups in total. The van der Waals surface area contributed by atoms with Gasteiger partial charge in [0, 0.05) is 39.1 Å². The maximum Gasteiger partial charge on any atom is 0.353 e. The third-order valence-electron chi connectivity index (χ3n) is 4.02. The van der Waals surface area contributed by atoms with Crippen molar-refractivity contribution in [2.24, 2.45) is 0 Å². The summed E-state index contributed by atoms with van der Waals surface area (Å²) in [6.07, 6.45) is 2.68. The van der Waals surface area contributed by atoms with E-state index in [0.29, 0.717) is 31.9 Å². The molecule has 1 aromatic heterocycles. The lowest BCUT2D eigenvalue weighted by Gasteiger charge is -2.37. The van der Waals surface area contributed by atoms with Crippen LogP contribution >= 0.6 is 0 Å². The van der Waals surface area contributed by atoms with Crippen LogP contribution in [0.15, 0.2) is 6.33 Å². The summed E-state index contributed by atoms with van der Waals surface area (Å²) >= 11 is 0. The molecule has 1 atom stereocenters. The first-order chi connectivity index (χ1) is 10.1. The number of nitrogens with zero attached hydrogens (tertiary/aromatic N) is 5. The van der Waals surface area contributed by atoms with Gasteiger partial charge in [-0.2, -0.15) is 0 Å². The Morgan fingerprint density at radius 2 is 2.24 bits per heavy atom. The molecule has 21 heavy (non-hydrogen) atoms. The zero-order valence-electron chi connectivity index (χ0n) is 11.7. The number of hydrogen-bond donors (Lipinski definition) is 1. The summed E-state index contributed by atoms with van der Waals surface area (Å²) in [6.45, 7) is 1.70. The van der Waals surface area contributed by atoms with Gasteiger partial charge in [0.15, 0.2) is 0 Å². The second-order valence-corrected chi connectivity index (χ2v) is 5.13. The molecule has 9 nitrogen and oxygen atoms in total. The molecule has 0 aliphatic carbocycles. The molecule has 1 aromatic rings. The first kappa shape index (κ1) is 13.5. The zero-order valence-corrected chi connectivity index (χ0v) is 11.7. The highest BCUT2D eigenvalue weighted by atomic mass is 16.6. The van der Waals surface area contributed by atoms with Gasteiger partial charge in [-0.25, -0.2) is 9.97 Å². The lowest BCUT2D eigenvalue weighted by atomic mass is 10.1. The van der Waals surface area contributed by atoms with E-state index in [1.165, 1.54) is 6.33 Å². The lowest BCUT2D eigenvalue weighted by molar-refractivity contribution is -0.383. The maximum absolute atomic E-state index is 11.7. The van der Waals surface area contributed by atoms with Gasteiger partial charge >= 0.3 is 5.69 Å². The first-order valence-electron chi connectivity index (χ1n) is 6.83. The summed E-state index contributed by atoms with van der Waals surface area (Å²) in [7, 11) is 1.59. The minimum Gasteiger partial charge on any atom is -0.367 e. The molecule has 2 fully saturated rings. The number of rotatable bonds is 3. The number of aromatic nitrogens is 2. The van der Waals surface area contributed by atoms with E-state index >= 15 is 0 Å². The Morgan fingerprint density at radius 3 is 2.95 bits per heavy atom. The number of anilines is 2. The SMILES string of the molecule is CNc1ncnc(N2CCN3C(=O)CCC3C2)c1[N+](=O)[O-]. The van der Waals surface area contributed by atoms with Crippen molar-refractivity contribution in [3.8, 4) is 0 Å². The van der Waals surface area contributed by atoms with Gasteiger partial charge in [-0.3, -0.25) is 14.9 Å². The summed E-state index contributed by atoms with van der Waals surface area (Å²) in [4.78, 5) is 34.3. The van der Waals surface area contributed by atoms with Gasteiger partial charge in [-0.1, -0.05) is 0 Å². The van der Waals surface area contributed by atoms with Crippen LogP contribution in [-0.4, -0.2) is 58.4 Å². The predicted molar refractivity (Wildman–Crippen MR) is 75.2 cm³/mol. The smallest absolute Gasteiger partial charge is 0.353 e. The maximum atomic E-state index is 11.7. The molecule has 1 amide bonds. The summed E-state index contributed by atoms with van der Waals surface area (Å²) in [6, 6.07) is 0.124. The molecule has 112 valence electrons. The standard InChI is InChI=1S/C12H16N6O3/c1-13-11-10(18(20)21)12(15-7-14-11)16-4-5-17-8(6-16)2-3-9(17)19/h7-8H,2-6H2,1H3,(H,13,14,15). The van der Waals surface area contributed by atoms with Crippen LogP contribution in [0.25, 0.3) is 0 Å². The number of nitro groups is 1. The summed E-state index contributed by atoms with van der Waals surface area (Å²) < 4.78 is 0. The van der Waals surface area contributed by atoms with Crippen molar-refractivity contribution in [2.45, 2.75) is 18.9 Å². The van der Waals surface area contributed by atoms with Gasteiger partial charge in [0.2, 0.25) is 17.5 Å². The van der Waals surface area contributed by atoms with Gasteiger partial charge in [0.25, 0.3) is 0 Å². The highest BCUT2D eigenvalue weighted by Crippen LogP contribution is 2.34. The molecule has 0 aromatic carbocycles. The highest BCUT2D eigenvalue weighted by Gasteiger charge is 2.38. The fourth-order valence-electron chi connectivity index (χ4n) is 3.01. The van der Waals surface area contributed by atoms with Crippen molar-refractivity contribution in [3.63, 3.8) is 0 Å². The van der Waals surface area contributed by atoms with Gasteiger partial charge in [-0.15, -0.1) is 0 Å².